The van der Waals surface area contributed by atoms with E-state index in [1.54, 1.807) is 0 Å². The zero-order chi connectivity index (χ0) is 8.55. The summed E-state index contributed by atoms with van der Waals surface area (Å²) in [6, 6.07) is 2.32. The molecule has 0 atom stereocenters. The van der Waals surface area contributed by atoms with Gasteiger partial charge in [0.1, 0.15) is 0 Å². The smallest absolute Gasteiger partial charge is 0.0228 e. The van der Waals surface area contributed by atoms with Crippen molar-refractivity contribution in [2.45, 2.75) is 32.7 Å². The molecular weight excluding hydrogens is 148 g/mol. The molecule has 0 spiro atoms. The Morgan fingerprint density at radius 2 is 2.42 bits per heavy atom. The molecule has 2 N–H and O–H groups in total. The zero-order valence-electron chi connectivity index (χ0n) is 7.64. The van der Waals surface area contributed by atoms with Crippen LogP contribution in [0.25, 0.3) is 0 Å². The quantitative estimate of drug-likeness (QED) is 0.700. The third kappa shape index (κ3) is 1.07. The average Bonchev–Trinajstić information content (AvgIpc) is 2.56. The van der Waals surface area contributed by atoms with Crippen molar-refractivity contribution in [2.24, 2.45) is 5.73 Å². The SMILES string of the molecule is Cc1cc2n(c1CCN)CCC2. The molecule has 2 heteroatoms. The molecule has 0 radical (unpaired) electrons. The molecule has 2 heterocycles. The van der Waals surface area contributed by atoms with Crippen LogP contribution >= 0.6 is 0 Å². The van der Waals surface area contributed by atoms with Gasteiger partial charge in [-0.25, -0.2) is 0 Å². The van der Waals surface area contributed by atoms with Gasteiger partial charge in [-0.15, -0.1) is 0 Å². The van der Waals surface area contributed by atoms with E-state index in [9.17, 15) is 0 Å². The van der Waals surface area contributed by atoms with Crippen LogP contribution in [0, 0.1) is 6.92 Å². The van der Waals surface area contributed by atoms with Gasteiger partial charge in [0, 0.05) is 24.4 Å². The van der Waals surface area contributed by atoms with Crippen LogP contribution in [0.2, 0.25) is 0 Å². The second kappa shape index (κ2) is 2.94. The Morgan fingerprint density at radius 1 is 1.58 bits per heavy atom. The standard InChI is InChI=1S/C10H16N2/c1-8-7-9-3-2-6-12(9)10(8)4-5-11/h7H,2-6,11H2,1H3. The van der Waals surface area contributed by atoms with E-state index in [1.807, 2.05) is 0 Å². The molecular formula is C10H16N2. The van der Waals surface area contributed by atoms with Gasteiger partial charge in [-0.1, -0.05) is 0 Å². The highest BCUT2D eigenvalue weighted by Crippen LogP contribution is 2.22. The largest absolute Gasteiger partial charge is 0.348 e. The number of hydrogen-bond acceptors (Lipinski definition) is 1. The number of nitrogens with two attached hydrogens (primary N) is 1. The fourth-order valence-corrected chi connectivity index (χ4v) is 2.17. The van der Waals surface area contributed by atoms with Crippen LogP contribution < -0.4 is 5.73 Å². The number of rotatable bonds is 2. The van der Waals surface area contributed by atoms with Crippen molar-refractivity contribution in [3.63, 3.8) is 0 Å². The lowest BCUT2D eigenvalue weighted by molar-refractivity contribution is 0.699. The maximum atomic E-state index is 5.57. The van der Waals surface area contributed by atoms with E-state index >= 15 is 0 Å². The first-order valence-corrected chi connectivity index (χ1v) is 4.71. The van der Waals surface area contributed by atoms with E-state index in [-0.39, 0.29) is 0 Å². The Labute approximate surface area is 73.4 Å². The van der Waals surface area contributed by atoms with Gasteiger partial charge in [-0.2, -0.15) is 0 Å². The third-order valence-electron chi connectivity index (χ3n) is 2.71. The van der Waals surface area contributed by atoms with Gasteiger partial charge in [0.2, 0.25) is 0 Å². The van der Waals surface area contributed by atoms with Gasteiger partial charge >= 0.3 is 0 Å². The van der Waals surface area contributed by atoms with Gasteiger partial charge in [0.15, 0.2) is 0 Å². The second-order valence-corrected chi connectivity index (χ2v) is 3.56. The maximum absolute atomic E-state index is 5.57. The minimum Gasteiger partial charge on any atom is -0.348 e. The summed E-state index contributed by atoms with van der Waals surface area (Å²) < 4.78 is 2.45. The highest BCUT2D eigenvalue weighted by Gasteiger charge is 2.15. The molecule has 1 aromatic rings. The van der Waals surface area contributed by atoms with E-state index < -0.39 is 0 Å². The summed E-state index contributed by atoms with van der Waals surface area (Å²) in [6.45, 7) is 4.17. The Hall–Kier alpha value is -0.760. The molecule has 0 fully saturated rings. The summed E-state index contributed by atoms with van der Waals surface area (Å²) in [4.78, 5) is 0. The zero-order valence-corrected chi connectivity index (χ0v) is 7.64. The van der Waals surface area contributed by atoms with Crippen LogP contribution in [0.5, 0.6) is 0 Å². The summed E-state index contributed by atoms with van der Waals surface area (Å²) in [5.74, 6) is 0. The first kappa shape index (κ1) is 7.87. The van der Waals surface area contributed by atoms with E-state index in [1.165, 1.54) is 36.3 Å². The number of nitrogens with zero attached hydrogens (tertiary/aromatic N) is 1. The number of fused-ring (bicyclic) bond motifs is 1. The number of hydrogen-bond donors (Lipinski definition) is 1. The summed E-state index contributed by atoms with van der Waals surface area (Å²) in [6.07, 6.45) is 3.60. The number of aromatic nitrogens is 1. The Kier molecular flexibility index (Phi) is 1.93. The van der Waals surface area contributed by atoms with Crippen molar-refractivity contribution >= 4 is 0 Å². The molecule has 2 rings (SSSR count). The summed E-state index contributed by atoms with van der Waals surface area (Å²) in [5.41, 5.74) is 9.97. The molecule has 0 aliphatic carbocycles. The summed E-state index contributed by atoms with van der Waals surface area (Å²) in [5, 5.41) is 0. The maximum Gasteiger partial charge on any atom is 0.0228 e. The van der Waals surface area contributed by atoms with Crippen molar-refractivity contribution in [1.82, 2.24) is 4.57 Å². The first-order valence-electron chi connectivity index (χ1n) is 4.71. The second-order valence-electron chi connectivity index (χ2n) is 3.56. The van der Waals surface area contributed by atoms with Crippen LogP contribution in [0.3, 0.4) is 0 Å². The fourth-order valence-electron chi connectivity index (χ4n) is 2.17. The van der Waals surface area contributed by atoms with Crippen molar-refractivity contribution in [2.75, 3.05) is 6.54 Å². The monoisotopic (exact) mass is 164 g/mol. The number of aryl methyl sites for hydroxylation is 2. The van der Waals surface area contributed by atoms with E-state index in [2.05, 4.69) is 17.6 Å². The van der Waals surface area contributed by atoms with Crippen LogP contribution in [-0.4, -0.2) is 11.1 Å². The first-order chi connectivity index (χ1) is 5.83. The van der Waals surface area contributed by atoms with Crippen LogP contribution in [-0.2, 0) is 19.4 Å². The van der Waals surface area contributed by atoms with Crippen molar-refractivity contribution in [3.8, 4) is 0 Å². The van der Waals surface area contributed by atoms with Crippen LogP contribution in [0.15, 0.2) is 6.07 Å². The Bertz CT molecular complexity index is 286. The normalized spacial score (nSPS) is 15.2. The molecule has 0 bridgehead atoms. The lowest BCUT2D eigenvalue weighted by atomic mass is 10.2. The van der Waals surface area contributed by atoms with Crippen molar-refractivity contribution < 1.29 is 0 Å². The lowest BCUT2D eigenvalue weighted by Crippen LogP contribution is -2.08. The average molecular weight is 164 g/mol. The molecule has 66 valence electrons. The topological polar surface area (TPSA) is 30.9 Å². The Morgan fingerprint density at radius 3 is 3.17 bits per heavy atom. The van der Waals surface area contributed by atoms with E-state index in [0.29, 0.717) is 0 Å². The van der Waals surface area contributed by atoms with E-state index in [4.69, 9.17) is 5.73 Å². The third-order valence-corrected chi connectivity index (χ3v) is 2.71. The lowest BCUT2D eigenvalue weighted by Gasteiger charge is -2.05. The summed E-state index contributed by atoms with van der Waals surface area (Å²) in [7, 11) is 0. The molecule has 0 aromatic carbocycles. The van der Waals surface area contributed by atoms with Gasteiger partial charge < -0.3 is 10.3 Å². The molecule has 0 unspecified atom stereocenters. The highest BCUT2D eigenvalue weighted by molar-refractivity contribution is 5.29. The van der Waals surface area contributed by atoms with Crippen molar-refractivity contribution in [3.05, 3.63) is 23.0 Å². The summed E-state index contributed by atoms with van der Waals surface area (Å²) >= 11 is 0. The molecule has 0 saturated heterocycles. The highest BCUT2D eigenvalue weighted by atomic mass is 15.0. The predicted molar refractivity (Wildman–Crippen MR) is 50.2 cm³/mol. The van der Waals surface area contributed by atoms with Gasteiger partial charge in [0.05, 0.1) is 0 Å². The van der Waals surface area contributed by atoms with Crippen LogP contribution in [0.4, 0.5) is 0 Å². The van der Waals surface area contributed by atoms with Gasteiger partial charge in [-0.3, -0.25) is 0 Å². The molecule has 2 nitrogen and oxygen atoms in total. The Balaban J connectivity index is 2.38. The minimum atomic E-state index is 0.768. The fraction of sp³-hybridized carbons (Fsp3) is 0.600. The van der Waals surface area contributed by atoms with E-state index in [0.717, 1.165) is 13.0 Å². The van der Waals surface area contributed by atoms with Gasteiger partial charge in [-0.05, 0) is 37.9 Å². The molecule has 0 saturated carbocycles. The minimum absolute atomic E-state index is 0.768. The molecule has 12 heavy (non-hydrogen) atoms. The molecule has 1 aliphatic heterocycles. The van der Waals surface area contributed by atoms with Crippen molar-refractivity contribution in [1.29, 1.82) is 0 Å². The molecule has 0 amide bonds. The van der Waals surface area contributed by atoms with Crippen LogP contribution in [0.1, 0.15) is 23.4 Å². The molecule has 1 aliphatic rings. The molecule has 1 aromatic heterocycles. The van der Waals surface area contributed by atoms with Gasteiger partial charge in [0.25, 0.3) is 0 Å². The predicted octanol–water partition coefficient (Wildman–Crippen LogP) is 1.24.